The number of piperazine rings is 8. The zero-order valence-electron chi connectivity index (χ0n) is 82.8. The number of halogens is 2. The molecule has 31 nitrogen and oxygen atoms in total. The van der Waals surface area contributed by atoms with Crippen molar-refractivity contribution in [3.8, 4) is 0 Å². The Hall–Kier alpha value is -8.49. The second-order valence-electron chi connectivity index (χ2n) is 35.8. The minimum absolute atomic E-state index is 0.0461. The SMILES string of the molecule is C=C1C(=O)N(C(C)C)CCN1C(C)C.C=C1C(=O)N(C(C)C)CCN1CC.C=C1C(=O)N(C(C)C)CCN1CCF.CC(C)N(C)C.CC(C)N1CCN(C2CC2)C(=O)C1=O.CC(C)N1CCN(CCCF)C(=O)C1=O.CCCCN1CCN(C(C)C)C(=O)C1=O.CCCN1CCN(C(C)C)C(=O)C1=O.CCN1CCN(CC(C)C)C(=O)C1=O.CCNC(C)C. The van der Waals surface area contributed by atoms with Crippen LogP contribution in [0.4, 0.5) is 8.78 Å². The van der Waals surface area contributed by atoms with Crippen LogP contribution in [0.5, 0.6) is 0 Å². The van der Waals surface area contributed by atoms with Gasteiger partial charge in [0.2, 0.25) is 0 Å². The monoisotopic (exact) mass is 1770 g/mol. The van der Waals surface area contributed by atoms with Crippen molar-refractivity contribution in [2.45, 2.75) is 292 Å². The standard InChI is InChI=1S/C11H20N2O2.C11H20N2O.C10H17FN2O2.C10H17FN2O.C10H16N2O2.2C10H18N2O2.C10H18N2O.2C5H13N/c1-4-5-6-12-7-8-13(9(2)3)11(15)10(12)14;1-8(2)12-6-7-13(9(3)4)11(14)10(12)5;1-8(2)13-7-6-12(5-3-4-11)9(14)10(13)15;1-8(2)13-7-6-12(5-4-11)9(3)10(13)14;1-7(2)11-5-6-12(8-3-4-8)10(14)9(11)13;1-4-11-5-6-12(7-8(2)3)10(14)9(11)13;1-4-5-11-6-7-12(8(2)3)10(14)9(11)13;1-5-11-6-7-12(8(2)3)10(13)9(11)4;1-5(2)6(3)4;1-4-6-5(2)3/h9H,4-8H2,1-3H3;8-9H,5-7H2,1-4H3;8H,3-7H2,1-2H3;8H,3-7H2,1-2H3;7-8H,3-6H2,1-2H3;2*8H,4-7H2,1-3H3;8H,4-7H2,1-3H3;5H,1-4H3;5-6H,4H2,1-3H3. The van der Waals surface area contributed by atoms with Crippen LogP contribution in [-0.2, 0) is 62.3 Å². The van der Waals surface area contributed by atoms with E-state index in [1.165, 1.54) is 4.90 Å². The molecule has 0 bridgehead atoms. The summed E-state index contributed by atoms with van der Waals surface area (Å²) in [7, 11) is 4.15. The molecule has 0 aromatic rings. The van der Waals surface area contributed by atoms with Gasteiger partial charge in [-0.1, -0.05) is 74.6 Å². The van der Waals surface area contributed by atoms with E-state index < -0.39 is 25.2 Å². The molecule has 8 heterocycles. The molecule has 9 aliphatic rings. The molecule has 13 amide bonds. The second kappa shape index (κ2) is 59.5. The zero-order valence-corrected chi connectivity index (χ0v) is 82.8. The molecule has 1 N–H and O–H groups in total. The number of amides is 13. The van der Waals surface area contributed by atoms with Gasteiger partial charge in [-0.05, 0) is 197 Å². The van der Waals surface area contributed by atoms with Crippen LogP contribution in [0.25, 0.3) is 0 Å². The highest BCUT2D eigenvalue weighted by Crippen LogP contribution is 2.29. The van der Waals surface area contributed by atoms with Gasteiger partial charge in [-0.25, -0.2) is 4.39 Å². The van der Waals surface area contributed by atoms with Gasteiger partial charge >= 0.3 is 59.1 Å². The summed E-state index contributed by atoms with van der Waals surface area (Å²) in [5.41, 5.74) is 1.70. The molecule has 8 saturated heterocycles. The molecular formula is C92H170F2N18O13. The fraction of sp³-hybridized carbons (Fsp3) is 0.793. The minimum Gasteiger partial charge on any atom is -0.366 e. The van der Waals surface area contributed by atoms with E-state index in [1.807, 2.05) is 146 Å². The molecule has 1 saturated carbocycles. The third kappa shape index (κ3) is 38.9. The van der Waals surface area contributed by atoms with Crippen molar-refractivity contribution in [1.29, 1.82) is 0 Å². The van der Waals surface area contributed by atoms with Crippen LogP contribution in [0.1, 0.15) is 225 Å². The van der Waals surface area contributed by atoms with E-state index in [1.54, 1.807) is 53.9 Å². The average Bonchev–Trinajstić information content (AvgIpc) is 1.68. The minimum atomic E-state index is -0.497. The molecule has 125 heavy (non-hydrogen) atoms. The van der Waals surface area contributed by atoms with Crippen molar-refractivity contribution in [3.05, 3.63) is 36.8 Å². The Labute approximate surface area is 752 Å². The first-order chi connectivity index (χ1) is 58.4. The van der Waals surface area contributed by atoms with Gasteiger partial charge in [-0.15, -0.1) is 0 Å². The molecule has 0 spiro atoms. The third-order valence-corrected chi connectivity index (χ3v) is 22.3. The summed E-state index contributed by atoms with van der Waals surface area (Å²) in [5.74, 6) is -3.11. The Morgan fingerprint density at radius 3 is 0.912 bits per heavy atom. The largest absolute Gasteiger partial charge is 0.366 e. The number of nitrogens with one attached hydrogen (secondary N) is 1. The van der Waals surface area contributed by atoms with E-state index in [2.05, 4.69) is 104 Å². The van der Waals surface area contributed by atoms with Crippen molar-refractivity contribution in [2.75, 3.05) is 185 Å². The highest BCUT2D eigenvalue weighted by Gasteiger charge is 2.42. The van der Waals surface area contributed by atoms with Crippen LogP contribution in [0.15, 0.2) is 36.8 Å². The lowest BCUT2D eigenvalue weighted by molar-refractivity contribution is -0.157. The van der Waals surface area contributed by atoms with Gasteiger partial charge in [0.05, 0.1) is 23.8 Å². The van der Waals surface area contributed by atoms with Gasteiger partial charge in [0.1, 0.15) is 6.67 Å². The van der Waals surface area contributed by atoms with E-state index in [4.69, 9.17) is 0 Å². The fourth-order valence-corrected chi connectivity index (χ4v) is 14.0. The zero-order chi connectivity index (χ0) is 96.3. The summed E-state index contributed by atoms with van der Waals surface area (Å²) in [5, 5.41) is 3.21. The number of carbonyl (C=O) groups excluding carboxylic acids is 13. The Balaban J connectivity index is 0.00000138. The summed E-state index contributed by atoms with van der Waals surface area (Å²) in [6, 6.07) is 3.22. The summed E-state index contributed by atoms with van der Waals surface area (Å²) < 4.78 is 24.1. The van der Waals surface area contributed by atoms with E-state index in [0.29, 0.717) is 165 Å². The van der Waals surface area contributed by atoms with E-state index in [-0.39, 0.29) is 114 Å². The van der Waals surface area contributed by atoms with Crippen LogP contribution in [-0.4, -0.2) is 411 Å². The van der Waals surface area contributed by atoms with Crippen LogP contribution >= 0.6 is 0 Å². The Morgan fingerprint density at radius 1 is 0.312 bits per heavy atom. The molecule has 0 aromatic carbocycles. The number of hydrogen-bond acceptors (Lipinski definition) is 18. The first kappa shape index (κ1) is 117. The van der Waals surface area contributed by atoms with Gasteiger partial charge in [0.25, 0.3) is 17.7 Å². The molecular weight excluding hydrogens is 1600 g/mol. The molecule has 8 aliphatic heterocycles. The van der Waals surface area contributed by atoms with Crippen LogP contribution in [0.3, 0.4) is 0 Å². The molecule has 33 heteroatoms. The quantitative estimate of drug-likeness (QED) is 0.0637. The first-order valence-corrected chi connectivity index (χ1v) is 46.2. The Bertz CT molecular complexity index is 3200. The average molecular weight is 1770 g/mol. The highest BCUT2D eigenvalue weighted by molar-refractivity contribution is 6.37. The summed E-state index contributed by atoms with van der Waals surface area (Å²) >= 11 is 0. The van der Waals surface area contributed by atoms with Gasteiger partial charge in [0.15, 0.2) is 0 Å². The van der Waals surface area contributed by atoms with Gasteiger partial charge in [0, 0.05) is 217 Å². The number of hydrogen-bond donors (Lipinski definition) is 1. The van der Waals surface area contributed by atoms with E-state index in [0.717, 1.165) is 71.4 Å². The number of likely N-dealkylation sites (N-methyl/N-ethyl adjacent to an activating group) is 2. The molecule has 9 fully saturated rings. The van der Waals surface area contributed by atoms with Crippen LogP contribution < -0.4 is 5.32 Å². The normalized spacial score (nSPS) is 18.1. The van der Waals surface area contributed by atoms with Crippen LogP contribution in [0.2, 0.25) is 0 Å². The molecule has 720 valence electrons. The molecule has 0 atom stereocenters. The van der Waals surface area contributed by atoms with E-state index in [9.17, 15) is 71.1 Å². The summed E-state index contributed by atoms with van der Waals surface area (Å²) in [6.45, 7) is 81.6. The van der Waals surface area contributed by atoms with Crippen molar-refractivity contribution >= 4 is 76.8 Å². The Kier molecular flexibility index (Phi) is 55.5. The number of nitrogens with zero attached hydrogens (tertiary/aromatic N) is 17. The Morgan fingerprint density at radius 2 is 0.600 bits per heavy atom. The van der Waals surface area contributed by atoms with E-state index >= 15 is 0 Å². The first-order valence-electron chi connectivity index (χ1n) is 46.2. The lowest BCUT2D eigenvalue weighted by atomic mass is 10.1. The molecule has 0 radical (unpaired) electrons. The smallest absolute Gasteiger partial charge is 0.312 e. The fourth-order valence-electron chi connectivity index (χ4n) is 14.0. The van der Waals surface area contributed by atoms with Crippen molar-refractivity contribution < 1.29 is 71.1 Å². The molecule has 1 aliphatic carbocycles. The third-order valence-electron chi connectivity index (χ3n) is 22.3. The number of unbranched alkanes of at least 4 members (excludes halogenated alkanes) is 1. The maximum atomic E-state index is 12.1. The summed E-state index contributed by atoms with van der Waals surface area (Å²) in [4.78, 5) is 181. The predicted molar refractivity (Wildman–Crippen MR) is 494 cm³/mol. The summed E-state index contributed by atoms with van der Waals surface area (Å²) in [6.07, 6.45) is 5.37. The molecule has 9 rings (SSSR count). The van der Waals surface area contributed by atoms with Crippen LogP contribution in [0, 0.1) is 5.92 Å². The maximum absolute atomic E-state index is 12.1. The number of rotatable bonds is 26. The number of alkyl halides is 2. The maximum Gasteiger partial charge on any atom is 0.312 e. The van der Waals surface area contributed by atoms with Crippen molar-refractivity contribution in [2.24, 2.45) is 5.92 Å². The molecule has 0 aromatic heterocycles. The highest BCUT2D eigenvalue weighted by atomic mass is 19.1. The van der Waals surface area contributed by atoms with Crippen molar-refractivity contribution in [3.63, 3.8) is 0 Å². The lowest BCUT2D eigenvalue weighted by Gasteiger charge is -2.41. The van der Waals surface area contributed by atoms with Gasteiger partial charge in [-0.3, -0.25) is 66.7 Å². The number of carbonyl (C=O) groups is 13. The topological polar surface area (TPSA) is 289 Å². The second-order valence-corrected chi connectivity index (χ2v) is 35.8. The molecule has 0 unspecified atom stereocenters. The predicted octanol–water partition coefficient (Wildman–Crippen LogP) is 7.84. The lowest BCUT2D eigenvalue weighted by Crippen LogP contribution is -2.56. The van der Waals surface area contributed by atoms with Crippen molar-refractivity contribution in [1.82, 2.24) is 88.6 Å². The van der Waals surface area contributed by atoms with Gasteiger partial charge < -0.3 is 88.6 Å². The van der Waals surface area contributed by atoms with Gasteiger partial charge in [-0.2, -0.15) is 0 Å².